The molecule has 0 saturated carbocycles. The summed E-state index contributed by atoms with van der Waals surface area (Å²) < 4.78 is 0. The number of thioether (sulfide) groups is 1. The van der Waals surface area contributed by atoms with Crippen LogP contribution in [0.4, 0.5) is 0 Å². The van der Waals surface area contributed by atoms with Gasteiger partial charge < -0.3 is 15.3 Å². The van der Waals surface area contributed by atoms with Crippen molar-refractivity contribution < 1.29 is 24.9 Å². The van der Waals surface area contributed by atoms with E-state index in [1.165, 1.54) is 17.7 Å². The number of hydrogen-bond donors (Lipinski definition) is 3. The normalized spacial score (nSPS) is 14.2. The van der Waals surface area contributed by atoms with Gasteiger partial charge in [0.2, 0.25) is 0 Å². The minimum Gasteiger partial charge on any atom is -0.478 e. The Morgan fingerprint density at radius 1 is 1.39 bits per heavy atom. The zero-order valence-corrected chi connectivity index (χ0v) is 11.3. The summed E-state index contributed by atoms with van der Waals surface area (Å²) in [4.78, 5) is 21.6. The number of aromatic carboxylic acids is 1. The molecule has 1 aromatic heterocycles. The zero-order valence-electron chi connectivity index (χ0n) is 9.70. The Labute approximate surface area is 112 Å². The molecule has 3 N–H and O–H groups in total. The van der Waals surface area contributed by atoms with Gasteiger partial charge in [-0.25, -0.2) is 4.79 Å². The van der Waals surface area contributed by atoms with Gasteiger partial charge in [0, 0.05) is 23.6 Å². The lowest BCUT2D eigenvalue weighted by atomic mass is 10.0. The molecule has 2 unspecified atom stereocenters. The molecular formula is C11H14O5S2. The SMILES string of the molecule is CC(=O)SCCC(O)C(O)c1cscc1C(=O)O. The topological polar surface area (TPSA) is 94.8 Å². The quantitative estimate of drug-likeness (QED) is 0.735. The number of carboxylic acid groups (broad SMARTS) is 1. The Bertz CT molecular complexity index is 429. The fourth-order valence-electron chi connectivity index (χ4n) is 1.40. The largest absolute Gasteiger partial charge is 0.478 e. The van der Waals surface area contributed by atoms with Gasteiger partial charge in [-0.1, -0.05) is 11.8 Å². The zero-order chi connectivity index (χ0) is 13.7. The van der Waals surface area contributed by atoms with Crippen LogP contribution in [0.15, 0.2) is 10.8 Å². The molecule has 18 heavy (non-hydrogen) atoms. The highest BCUT2D eigenvalue weighted by molar-refractivity contribution is 8.13. The van der Waals surface area contributed by atoms with E-state index in [0.717, 1.165) is 23.1 Å². The fraction of sp³-hybridized carbons (Fsp3) is 0.455. The second kappa shape index (κ2) is 6.89. The standard InChI is InChI=1S/C11H14O5S2/c1-6(12)18-3-2-9(13)10(14)7-4-17-5-8(7)11(15)16/h4-5,9-10,13-14H,2-3H2,1H3,(H,15,16). The lowest BCUT2D eigenvalue weighted by Crippen LogP contribution is -2.20. The van der Waals surface area contributed by atoms with Crippen LogP contribution < -0.4 is 0 Å². The molecule has 0 bridgehead atoms. The van der Waals surface area contributed by atoms with E-state index in [9.17, 15) is 19.8 Å². The predicted octanol–water partition coefficient (Wildman–Crippen LogP) is 1.51. The molecule has 1 aromatic rings. The number of carbonyl (C=O) groups is 2. The Morgan fingerprint density at radius 2 is 2.06 bits per heavy atom. The molecule has 1 heterocycles. The lowest BCUT2D eigenvalue weighted by Gasteiger charge is -2.17. The van der Waals surface area contributed by atoms with Crippen molar-refractivity contribution in [3.8, 4) is 0 Å². The number of aliphatic hydroxyl groups is 2. The van der Waals surface area contributed by atoms with Gasteiger partial charge in [-0.2, -0.15) is 11.3 Å². The summed E-state index contributed by atoms with van der Waals surface area (Å²) in [6.07, 6.45) is -2.10. The molecule has 0 fully saturated rings. The molecule has 7 heteroatoms. The van der Waals surface area contributed by atoms with Crippen LogP contribution in [0.3, 0.4) is 0 Å². The van der Waals surface area contributed by atoms with E-state index in [-0.39, 0.29) is 22.7 Å². The maximum Gasteiger partial charge on any atom is 0.336 e. The monoisotopic (exact) mass is 290 g/mol. The summed E-state index contributed by atoms with van der Waals surface area (Å²) in [7, 11) is 0. The molecule has 0 aliphatic carbocycles. The molecule has 0 spiro atoms. The molecule has 0 saturated heterocycles. The molecule has 0 aliphatic heterocycles. The van der Waals surface area contributed by atoms with Crippen molar-refractivity contribution in [2.75, 3.05) is 5.75 Å². The van der Waals surface area contributed by atoms with Gasteiger partial charge in [-0.3, -0.25) is 4.79 Å². The van der Waals surface area contributed by atoms with Crippen LogP contribution in [0.2, 0.25) is 0 Å². The van der Waals surface area contributed by atoms with E-state index in [4.69, 9.17) is 5.11 Å². The predicted molar refractivity (Wildman–Crippen MR) is 70.0 cm³/mol. The third-order valence-electron chi connectivity index (χ3n) is 2.32. The van der Waals surface area contributed by atoms with Gasteiger partial charge in [-0.15, -0.1) is 0 Å². The van der Waals surface area contributed by atoms with Crippen molar-refractivity contribution in [2.24, 2.45) is 0 Å². The second-order valence-electron chi connectivity index (χ2n) is 3.69. The number of rotatable bonds is 6. The van der Waals surface area contributed by atoms with Crippen LogP contribution >= 0.6 is 23.1 Å². The maximum absolute atomic E-state index is 10.9. The molecule has 2 atom stereocenters. The van der Waals surface area contributed by atoms with E-state index in [1.807, 2.05) is 0 Å². The van der Waals surface area contributed by atoms with Crippen LogP contribution in [0, 0.1) is 0 Å². The minimum atomic E-state index is -1.24. The van der Waals surface area contributed by atoms with Gasteiger partial charge in [0.1, 0.15) is 6.10 Å². The first kappa shape index (κ1) is 15.2. The number of thiophene rings is 1. The van der Waals surface area contributed by atoms with Gasteiger partial charge >= 0.3 is 5.97 Å². The third kappa shape index (κ3) is 4.09. The van der Waals surface area contributed by atoms with Crippen molar-refractivity contribution in [3.05, 3.63) is 21.9 Å². The molecule has 100 valence electrons. The minimum absolute atomic E-state index is 0.00534. The van der Waals surface area contributed by atoms with Gasteiger partial charge in [-0.05, 0) is 11.8 Å². The highest BCUT2D eigenvalue weighted by Gasteiger charge is 2.24. The van der Waals surface area contributed by atoms with Crippen LogP contribution in [-0.2, 0) is 4.79 Å². The van der Waals surface area contributed by atoms with Gasteiger partial charge in [0.15, 0.2) is 5.12 Å². The summed E-state index contributed by atoms with van der Waals surface area (Å²) in [5.74, 6) is -0.740. The highest BCUT2D eigenvalue weighted by Crippen LogP contribution is 2.26. The molecule has 0 amide bonds. The Hall–Kier alpha value is -0.890. The fourth-order valence-corrected chi connectivity index (χ4v) is 2.90. The van der Waals surface area contributed by atoms with Crippen LogP contribution in [-0.4, -0.2) is 38.3 Å². The first-order valence-corrected chi connectivity index (χ1v) is 7.15. The first-order valence-electron chi connectivity index (χ1n) is 5.22. The second-order valence-corrected chi connectivity index (χ2v) is 5.70. The summed E-state index contributed by atoms with van der Waals surface area (Å²) in [6.45, 7) is 1.43. The van der Waals surface area contributed by atoms with E-state index < -0.39 is 18.2 Å². The molecule has 0 aliphatic rings. The van der Waals surface area contributed by atoms with E-state index >= 15 is 0 Å². The summed E-state index contributed by atoms with van der Waals surface area (Å²) in [5, 5.41) is 31.4. The maximum atomic E-state index is 10.9. The van der Waals surface area contributed by atoms with E-state index in [2.05, 4.69) is 0 Å². The average Bonchev–Trinajstić information content (AvgIpc) is 2.76. The Balaban J connectivity index is 2.62. The molecule has 1 rings (SSSR count). The summed E-state index contributed by atoms with van der Waals surface area (Å²) >= 11 is 2.22. The van der Waals surface area contributed by atoms with Crippen molar-refractivity contribution in [1.29, 1.82) is 0 Å². The Morgan fingerprint density at radius 3 is 2.61 bits per heavy atom. The summed E-state index contributed by atoms with van der Waals surface area (Å²) in [6, 6.07) is 0. The number of carbonyl (C=O) groups excluding carboxylic acids is 1. The Kier molecular flexibility index (Phi) is 5.80. The van der Waals surface area contributed by atoms with Crippen molar-refractivity contribution in [1.82, 2.24) is 0 Å². The van der Waals surface area contributed by atoms with Crippen LogP contribution in [0.1, 0.15) is 35.4 Å². The van der Waals surface area contributed by atoms with E-state index in [1.54, 1.807) is 0 Å². The summed E-state index contributed by atoms with van der Waals surface area (Å²) in [5.41, 5.74) is 0.221. The van der Waals surface area contributed by atoms with Crippen molar-refractivity contribution in [2.45, 2.75) is 25.6 Å². The molecule has 0 aromatic carbocycles. The lowest BCUT2D eigenvalue weighted by molar-refractivity contribution is -0.109. The first-order chi connectivity index (χ1) is 8.43. The number of hydrogen-bond acceptors (Lipinski definition) is 6. The van der Waals surface area contributed by atoms with Gasteiger partial charge in [0.05, 0.1) is 11.7 Å². The third-order valence-corrected chi connectivity index (χ3v) is 3.93. The molecule has 5 nitrogen and oxygen atoms in total. The molecule has 0 radical (unpaired) electrons. The number of aliphatic hydroxyl groups excluding tert-OH is 2. The van der Waals surface area contributed by atoms with Crippen LogP contribution in [0.5, 0.6) is 0 Å². The van der Waals surface area contributed by atoms with Crippen molar-refractivity contribution in [3.63, 3.8) is 0 Å². The van der Waals surface area contributed by atoms with Gasteiger partial charge in [0.25, 0.3) is 0 Å². The molecular weight excluding hydrogens is 276 g/mol. The smallest absolute Gasteiger partial charge is 0.336 e. The van der Waals surface area contributed by atoms with E-state index in [0.29, 0.717) is 5.75 Å². The average molecular weight is 290 g/mol. The highest BCUT2D eigenvalue weighted by atomic mass is 32.2. The van der Waals surface area contributed by atoms with Crippen molar-refractivity contribution >= 4 is 34.2 Å². The number of carboxylic acids is 1. The van der Waals surface area contributed by atoms with Crippen LogP contribution in [0.25, 0.3) is 0 Å².